The summed E-state index contributed by atoms with van der Waals surface area (Å²) in [5, 5.41) is 2.07. The minimum Gasteiger partial charge on any atom is -0.316 e. The molecule has 0 aliphatic carbocycles. The molecule has 6 heteroatoms. The van der Waals surface area contributed by atoms with Gasteiger partial charge in [0.15, 0.2) is 4.80 Å². The van der Waals surface area contributed by atoms with Gasteiger partial charge in [-0.3, -0.25) is 4.98 Å². The molecule has 0 saturated carbocycles. The van der Waals surface area contributed by atoms with Crippen LogP contribution in [0.25, 0.3) is 11.3 Å². The molecule has 4 aromatic rings. The average Bonchev–Trinajstić information content (AvgIpc) is 3.11. The molecule has 0 aliphatic heterocycles. The third-order valence-corrected chi connectivity index (χ3v) is 5.89. The molecule has 3 nitrogen and oxygen atoms in total. The van der Waals surface area contributed by atoms with Crippen molar-refractivity contribution < 1.29 is 4.39 Å². The Bertz CT molecular complexity index is 1150. The van der Waals surface area contributed by atoms with Crippen LogP contribution >= 0.6 is 27.3 Å². The first kappa shape index (κ1) is 18.8. The molecule has 0 amide bonds. The highest BCUT2D eigenvalue weighted by atomic mass is 79.9. The van der Waals surface area contributed by atoms with Crippen molar-refractivity contribution in [3.63, 3.8) is 0 Å². The first-order valence-electron chi connectivity index (χ1n) is 8.85. The molecule has 0 atom stereocenters. The minimum atomic E-state index is -0.324. The summed E-state index contributed by atoms with van der Waals surface area (Å²) in [6.45, 7) is 0.699. The van der Waals surface area contributed by atoms with E-state index in [4.69, 9.17) is 0 Å². The fourth-order valence-electron chi connectivity index (χ4n) is 2.94. The largest absolute Gasteiger partial charge is 0.316 e. The van der Waals surface area contributed by atoms with Crippen LogP contribution in [0.2, 0.25) is 0 Å². The number of benzene rings is 2. The van der Waals surface area contributed by atoms with E-state index in [0.29, 0.717) is 12.2 Å². The lowest BCUT2D eigenvalue weighted by Crippen LogP contribution is -2.17. The van der Waals surface area contributed by atoms with Gasteiger partial charge in [0.2, 0.25) is 0 Å². The van der Waals surface area contributed by atoms with Gasteiger partial charge in [-0.2, -0.15) is 0 Å². The van der Waals surface area contributed by atoms with Gasteiger partial charge in [0, 0.05) is 40.3 Å². The van der Waals surface area contributed by atoms with Gasteiger partial charge in [0.1, 0.15) is 11.5 Å². The smallest absolute Gasteiger partial charge is 0.190 e. The third-order valence-electron chi connectivity index (χ3n) is 4.33. The second-order valence-corrected chi connectivity index (χ2v) is 7.86. The van der Waals surface area contributed by atoms with Crippen LogP contribution in [0.15, 0.2) is 87.8 Å². The van der Waals surface area contributed by atoms with Crippen molar-refractivity contribution >= 4 is 33.0 Å². The minimum absolute atomic E-state index is 0.324. The standard InChI is InChI=1S/C22H17BrFN3S/c23-18-9-2-1-8-17(18)21-15-28-22(26-20-11-4-3-10-19(20)24)27(21)14-12-16-7-5-6-13-25-16/h1-11,13,15H,12,14H2. The maximum Gasteiger partial charge on any atom is 0.190 e. The Kier molecular flexibility index (Phi) is 5.78. The number of halogens is 2. The highest BCUT2D eigenvalue weighted by Crippen LogP contribution is 2.29. The molecule has 2 aromatic heterocycles. The van der Waals surface area contributed by atoms with E-state index in [1.165, 1.54) is 17.4 Å². The van der Waals surface area contributed by atoms with Crippen LogP contribution in [0.1, 0.15) is 5.69 Å². The Morgan fingerprint density at radius 1 is 1.00 bits per heavy atom. The first-order valence-corrected chi connectivity index (χ1v) is 10.5. The number of aryl methyl sites for hydroxylation is 1. The van der Waals surface area contributed by atoms with E-state index in [9.17, 15) is 4.39 Å². The number of hydrogen-bond donors (Lipinski definition) is 0. The molecule has 0 aliphatic rings. The van der Waals surface area contributed by atoms with Crippen molar-refractivity contribution in [2.45, 2.75) is 13.0 Å². The van der Waals surface area contributed by atoms with Crippen molar-refractivity contribution in [2.24, 2.45) is 4.99 Å². The summed E-state index contributed by atoms with van der Waals surface area (Å²) in [5.74, 6) is -0.324. The van der Waals surface area contributed by atoms with Gasteiger partial charge in [0.05, 0.1) is 5.69 Å². The van der Waals surface area contributed by atoms with E-state index in [0.717, 1.165) is 32.6 Å². The molecule has 0 saturated heterocycles. The van der Waals surface area contributed by atoms with E-state index in [1.807, 2.05) is 36.4 Å². The van der Waals surface area contributed by atoms with Gasteiger partial charge in [-0.25, -0.2) is 9.38 Å². The van der Waals surface area contributed by atoms with E-state index < -0.39 is 0 Å². The van der Waals surface area contributed by atoms with E-state index in [-0.39, 0.29) is 5.82 Å². The van der Waals surface area contributed by atoms with Gasteiger partial charge < -0.3 is 4.57 Å². The molecular formula is C22H17BrFN3S. The zero-order valence-electron chi connectivity index (χ0n) is 14.9. The van der Waals surface area contributed by atoms with Crippen molar-refractivity contribution in [1.29, 1.82) is 0 Å². The zero-order valence-corrected chi connectivity index (χ0v) is 17.3. The Labute approximate surface area is 175 Å². The molecule has 0 unspecified atom stereocenters. The Balaban J connectivity index is 1.80. The van der Waals surface area contributed by atoms with Crippen LogP contribution in [0.3, 0.4) is 0 Å². The topological polar surface area (TPSA) is 30.2 Å². The van der Waals surface area contributed by atoms with Gasteiger partial charge in [-0.05, 0) is 30.3 Å². The molecule has 0 radical (unpaired) electrons. The zero-order chi connectivity index (χ0) is 19.3. The third kappa shape index (κ3) is 4.13. The average molecular weight is 454 g/mol. The number of thiazole rings is 1. The first-order chi connectivity index (χ1) is 13.7. The van der Waals surface area contributed by atoms with Gasteiger partial charge in [-0.15, -0.1) is 11.3 Å². The quantitative estimate of drug-likeness (QED) is 0.365. The highest BCUT2D eigenvalue weighted by Gasteiger charge is 2.12. The molecule has 4 rings (SSSR count). The monoisotopic (exact) mass is 453 g/mol. The van der Waals surface area contributed by atoms with Gasteiger partial charge >= 0.3 is 0 Å². The molecule has 0 bridgehead atoms. The lowest BCUT2D eigenvalue weighted by atomic mass is 10.1. The van der Waals surface area contributed by atoms with Crippen LogP contribution in [0, 0.1) is 5.82 Å². The van der Waals surface area contributed by atoms with Crippen LogP contribution in [0.5, 0.6) is 0 Å². The van der Waals surface area contributed by atoms with Crippen LogP contribution < -0.4 is 4.80 Å². The fraction of sp³-hybridized carbons (Fsp3) is 0.0909. The number of nitrogens with zero attached hydrogens (tertiary/aromatic N) is 3. The fourth-order valence-corrected chi connectivity index (χ4v) is 4.36. The lowest BCUT2D eigenvalue weighted by Gasteiger charge is -2.10. The number of aromatic nitrogens is 2. The summed E-state index contributed by atoms with van der Waals surface area (Å²) in [7, 11) is 0. The number of pyridine rings is 1. The Hall–Kier alpha value is -2.57. The second kappa shape index (κ2) is 8.63. The van der Waals surface area contributed by atoms with Crippen LogP contribution in [0.4, 0.5) is 10.1 Å². The number of para-hydroxylation sites is 1. The second-order valence-electron chi connectivity index (χ2n) is 6.17. The molecule has 2 aromatic carbocycles. The normalized spacial score (nSPS) is 11.7. The molecule has 0 spiro atoms. The lowest BCUT2D eigenvalue weighted by molar-refractivity contribution is 0.626. The predicted molar refractivity (Wildman–Crippen MR) is 115 cm³/mol. The highest BCUT2D eigenvalue weighted by molar-refractivity contribution is 9.10. The number of rotatable bonds is 5. The van der Waals surface area contributed by atoms with Gasteiger partial charge in [0.25, 0.3) is 0 Å². The Morgan fingerprint density at radius 2 is 1.79 bits per heavy atom. The summed E-state index contributed by atoms with van der Waals surface area (Å²) >= 11 is 5.15. The summed E-state index contributed by atoms with van der Waals surface area (Å²) in [4.78, 5) is 9.77. The van der Waals surface area contributed by atoms with Gasteiger partial charge in [-0.1, -0.05) is 52.3 Å². The Morgan fingerprint density at radius 3 is 2.57 bits per heavy atom. The predicted octanol–water partition coefficient (Wildman–Crippen LogP) is 5.99. The molecule has 0 N–H and O–H groups in total. The van der Waals surface area contributed by atoms with Crippen molar-refractivity contribution in [3.8, 4) is 11.3 Å². The summed E-state index contributed by atoms with van der Waals surface area (Å²) in [5.41, 5.74) is 3.48. The van der Waals surface area contributed by atoms with Crippen molar-refractivity contribution in [3.05, 3.63) is 99.1 Å². The van der Waals surface area contributed by atoms with E-state index in [1.54, 1.807) is 24.4 Å². The summed E-state index contributed by atoms with van der Waals surface area (Å²) in [6.07, 6.45) is 2.56. The van der Waals surface area contributed by atoms with Crippen molar-refractivity contribution in [2.75, 3.05) is 0 Å². The SMILES string of the molecule is Fc1ccccc1N=c1scc(-c2ccccc2Br)n1CCc1ccccn1. The molecule has 140 valence electrons. The molecule has 28 heavy (non-hydrogen) atoms. The van der Waals surface area contributed by atoms with Crippen LogP contribution in [-0.4, -0.2) is 9.55 Å². The molecular weight excluding hydrogens is 437 g/mol. The summed E-state index contributed by atoms with van der Waals surface area (Å²) < 4.78 is 17.3. The molecule has 0 fully saturated rings. The number of hydrogen-bond acceptors (Lipinski definition) is 3. The van der Waals surface area contributed by atoms with Crippen molar-refractivity contribution in [1.82, 2.24) is 9.55 Å². The summed E-state index contributed by atoms with van der Waals surface area (Å²) in [6, 6.07) is 20.6. The van der Waals surface area contributed by atoms with E-state index in [2.05, 4.69) is 41.9 Å². The van der Waals surface area contributed by atoms with Crippen LogP contribution in [-0.2, 0) is 13.0 Å². The maximum atomic E-state index is 14.1. The van der Waals surface area contributed by atoms with E-state index >= 15 is 0 Å². The maximum absolute atomic E-state index is 14.1. The molecule has 2 heterocycles.